The summed E-state index contributed by atoms with van der Waals surface area (Å²) in [6.45, 7) is 4.43. The van der Waals surface area contributed by atoms with Crippen LogP contribution in [0.1, 0.15) is 17.9 Å². The van der Waals surface area contributed by atoms with E-state index in [1.807, 2.05) is 30.3 Å². The first-order valence-electron chi connectivity index (χ1n) is 7.45. The third kappa shape index (κ3) is 3.14. The lowest BCUT2D eigenvalue weighted by Gasteiger charge is -2.28. The monoisotopic (exact) mass is 288 g/mol. The van der Waals surface area contributed by atoms with Gasteiger partial charge < -0.3 is 4.74 Å². The van der Waals surface area contributed by atoms with Crippen LogP contribution in [-0.2, 0) is 14.3 Å². The van der Waals surface area contributed by atoms with Gasteiger partial charge in [-0.3, -0.25) is 19.4 Å². The summed E-state index contributed by atoms with van der Waals surface area (Å²) in [6, 6.07) is 9.57. The molecule has 0 aromatic heterocycles. The minimum Gasteiger partial charge on any atom is -0.379 e. The van der Waals surface area contributed by atoms with Gasteiger partial charge in [0.05, 0.1) is 19.1 Å². The van der Waals surface area contributed by atoms with Crippen molar-refractivity contribution in [1.82, 2.24) is 9.80 Å². The van der Waals surface area contributed by atoms with Crippen molar-refractivity contribution in [2.45, 2.75) is 12.3 Å². The van der Waals surface area contributed by atoms with Crippen molar-refractivity contribution in [2.24, 2.45) is 0 Å². The molecule has 112 valence electrons. The first-order chi connectivity index (χ1) is 10.3. The zero-order valence-corrected chi connectivity index (χ0v) is 12.0. The van der Waals surface area contributed by atoms with Crippen LogP contribution in [0.15, 0.2) is 30.3 Å². The van der Waals surface area contributed by atoms with E-state index in [1.54, 1.807) is 0 Å². The van der Waals surface area contributed by atoms with Crippen LogP contribution in [0.2, 0.25) is 0 Å². The second-order valence-corrected chi connectivity index (χ2v) is 5.51. The highest BCUT2D eigenvalue weighted by Gasteiger charge is 2.39. The number of ether oxygens (including phenoxy) is 1. The van der Waals surface area contributed by atoms with E-state index < -0.39 is 0 Å². The third-order valence-electron chi connectivity index (χ3n) is 4.19. The predicted octanol–water partition coefficient (Wildman–Crippen LogP) is 0.861. The molecule has 2 saturated heterocycles. The molecular formula is C16H20N2O3. The zero-order chi connectivity index (χ0) is 14.7. The number of hydrogen-bond donors (Lipinski definition) is 0. The smallest absolute Gasteiger partial charge is 0.237 e. The normalized spacial score (nSPS) is 23.8. The molecule has 21 heavy (non-hydrogen) atoms. The summed E-state index contributed by atoms with van der Waals surface area (Å²) in [5.41, 5.74) is 0.935. The first kappa shape index (κ1) is 14.2. The topological polar surface area (TPSA) is 49.9 Å². The quantitative estimate of drug-likeness (QED) is 0.771. The number of benzene rings is 1. The van der Waals surface area contributed by atoms with Crippen molar-refractivity contribution < 1.29 is 14.3 Å². The third-order valence-corrected chi connectivity index (χ3v) is 4.19. The van der Waals surface area contributed by atoms with Gasteiger partial charge in [-0.2, -0.15) is 0 Å². The maximum absolute atomic E-state index is 12.5. The molecule has 0 radical (unpaired) electrons. The van der Waals surface area contributed by atoms with Gasteiger partial charge in [0.2, 0.25) is 11.8 Å². The Morgan fingerprint density at radius 3 is 2.48 bits per heavy atom. The SMILES string of the molecule is O=C1CC(c2ccccc2)C(=O)N1CCN1CCOCC1. The Morgan fingerprint density at radius 2 is 1.76 bits per heavy atom. The number of carbonyl (C=O) groups excluding carboxylic acids is 2. The van der Waals surface area contributed by atoms with Crippen LogP contribution in [0.25, 0.3) is 0 Å². The highest BCUT2D eigenvalue weighted by atomic mass is 16.5. The molecule has 5 nitrogen and oxygen atoms in total. The highest BCUT2D eigenvalue weighted by molar-refractivity contribution is 6.06. The number of rotatable bonds is 4. The van der Waals surface area contributed by atoms with E-state index in [4.69, 9.17) is 4.74 Å². The average Bonchev–Trinajstić information content (AvgIpc) is 2.82. The van der Waals surface area contributed by atoms with E-state index in [-0.39, 0.29) is 17.7 Å². The standard InChI is InChI=1S/C16H20N2O3/c19-15-12-14(13-4-2-1-3-5-13)16(20)18(15)7-6-17-8-10-21-11-9-17/h1-5,14H,6-12H2. The Morgan fingerprint density at radius 1 is 1.05 bits per heavy atom. The molecule has 3 rings (SSSR count). The fourth-order valence-electron chi connectivity index (χ4n) is 2.93. The fraction of sp³-hybridized carbons (Fsp3) is 0.500. The Labute approximate surface area is 124 Å². The van der Waals surface area contributed by atoms with Crippen molar-refractivity contribution in [1.29, 1.82) is 0 Å². The Balaban J connectivity index is 1.61. The summed E-state index contributed by atoms with van der Waals surface area (Å²) in [5.74, 6) is -0.412. The second kappa shape index (κ2) is 6.37. The average molecular weight is 288 g/mol. The Hall–Kier alpha value is -1.72. The summed E-state index contributed by atoms with van der Waals surface area (Å²) >= 11 is 0. The number of morpholine rings is 1. The molecule has 0 aliphatic carbocycles. The molecule has 1 atom stereocenters. The van der Waals surface area contributed by atoms with Gasteiger partial charge in [-0.25, -0.2) is 0 Å². The van der Waals surface area contributed by atoms with E-state index in [9.17, 15) is 9.59 Å². The van der Waals surface area contributed by atoms with Crippen LogP contribution >= 0.6 is 0 Å². The molecular weight excluding hydrogens is 268 g/mol. The molecule has 0 bridgehead atoms. The van der Waals surface area contributed by atoms with E-state index in [0.29, 0.717) is 13.0 Å². The van der Waals surface area contributed by atoms with Crippen molar-refractivity contribution >= 4 is 11.8 Å². The minimum atomic E-state index is -0.302. The molecule has 2 aliphatic rings. The van der Waals surface area contributed by atoms with Crippen molar-refractivity contribution in [2.75, 3.05) is 39.4 Å². The lowest BCUT2D eigenvalue weighted by molar-refractivity contribution is -0.139. The maximum Gasteiger partial charge on any atom is 0.237 e. The lowest BCUT2D eigenvalue weighted by atomic mass is 9.98. The molecule has 2 amide bonds. The van der Waals surface area contributed by atoms with Gasteiger partial charge >= 0.3 is 0 Å². The molecule has 1 unspecified atom stereocenters. The van der Waals surface area contributed by atoms with E-state index in [1.165, 1.54) is 4.90 Å². The van der Waals surface area contributed by atoms with E-state index in [0.717, 1.165) is 38.4 Å². The largest absolute Gasteiger partial charge is 0.379 e. The number of imide groups is 1. The van der Waals surface area contributed by atoms with Crippen LogP contribution < -0.4 is 0 Å². The highest BCUT2D eigenvalue weighted by Crippen LogP contribution is 2.29. The van der Waals surface area contributed by atoms with Gasteiger partial charge in [0.15, 0.2) is 0 Å². The van der Waals surface area contributed by atoms with Crippen LogP contribution in [0, 0.1) is 0 Å². The zero-order valence-electron chi connectivity index (χ0n) is 12.0. The molecule has 2 aliphatic heterocycles. The Kier molecular flexibility index (Phi) is 4.31. The lowest BCUT2D eigenvalue weighted by Crippen LogP contribution is -2.43. The van der Waals surface area contributed by atoms with E-state index >= 15 is 0 Å². The van der Waals surface area contributed by atoms with Gasteiger partial charge in [0, 0.05) is 32.6 Å². The van der Waals surface area contributed by atoms with Crippen molar-refractivity contribution in [3.8, 4) is 0 Å². The van der Waals surface area contributed by atoms with Crippen LogP contribution in [-0.4, -0.2) is 61.0 Å². The maximum atomic E-state index is 12.5. The van der Waals surface area contributed by atoms with Crippen molar-refractivity contribution in [3.05, 3.63) is 35.9 Å². The number of carbonyl (C=O) groups is 2. The fourth-order valence-corrected chi connectivity index (χ4v) is 2.93. The summed E-state index contributed by atoms with van der Waals surface area (Å²) in [6.07, 6.45) is 0.298. The molecule has 0 saturated carbocycles. The molecule has 5 heteroatoms. The van der Waals surface area contributed by atoms with Gasteiger partial charge in [-0.05, 0) is 5.56 Å². The van der Waals surface area contributed by atoms with Crippen LogP contribution in [0.4, 0.5) is 0 Å². The van der Waals surface area contributed by atoms with Crippen LogP contribution in [0.3, 0.4) is 0 Å². The summed E-state index contributed by atoms with van der Waals surface area (Å²) in [4.78, 5) is 28.2. The predicted molar refractivity (Wildman–Crippen MR) is 77.8 cm³/mol. The van der Waals surface area contributed by atoms with Crippen molar-refractivity contribution in [3.63, 3.8) is 0 Å². The summed E-state index contributed by atoms with van der Waals surface area (Å²) in [7, 11) is 0. The number of hydrogen-bond acceptors (Lipinski definition) is 4. The number of likely N-dealkylation sites (tertiary alicyclic amines) is 1. The molecule has 2 fully saturated rings. The summed E-state index contributed by atoms with van der Waals surface area (Å²) < 4.78 is 5.30. The van der Waals surface area contributed by atoms with Gasteiger partial charge in [-0.15, -0.1) is 0 Å². The molecule has 2 heterocycles. The molecule has 0 N–H and O–H groups in total. The number of nitrogens with zero attached hydrogens (tertiary/aromatic N) is 2. The molecule has 1 aromatic carbocycles. The van der Waals surface area contributed by atoms with Gasteiger partial charge in [0.1, 0.15) is 0 Å². The first-order valence-corrected chi connectivity index (χ1v) is 7.45. The van der Waals surface area contributed by atoms with Gasteiger partial charge in [0.25, 0.3) is 0 Å². The minimum absolute atomic E-state index is 0.0536. The second-order valence-electron chi connectivity index (χ2n) is 5.51. The van der Waals surface area contributed by atoms with E-state index in [2.05, 4.69) is 4.90 Å². The van der Waals surface area contributed by atoms with Gasteiger partial charge in [-0.1, -0.05) is 30.3 Å². The summed E-state index contributed by atoms with van der Waals surface area (Å²) in [5, 5.41) is 0. The van der Waals surface area contributed by atoms with Crippen LogP contribution in [0.5, 0.6) is 0 Å². The molecule has 0 spiro atoms. The number of amides is 2. The Bertz CT molecular complexity index is 512. The molecule has 1 aromatic rings.